The van der Waals surface area contributed by atoms with Crippen LogP contribution in [0, 0.1) is 19.8 Å². The predicted octanol–water partition coefficient (Wildman–Crippen LogP) is 2.81. The third-order valence-corrected chi connectivity index (χ3v) is 4.35. The molecular weight excluding hydrogens is 260 g/mol. The van der Waals surface area contributed by atoms with E-state index < -0.39 is 0 Å². The molecule has 1 amide bonds. The van der Waals surface area contributed by atoms with Gasteiger partial charge in [-0.2, -0.15) is 0 Å². The Balaban J connectivity index is 2.06. The third-order valence-electron chi connectivity index (χ3n) is 4.04. The van der Waals surface area contributed by atoms with Crippen LogP contribution in [0.25, 0.3) is 0 Å². The van der Waals surface area contributed by atoms with E-state index in [0.29, 0.717) is 23.0 Å². The summed E-state index contributed by atoms with van der Waals surface area (Å²) in [6.45, 7) is 4.69. The van der Waals surface area contributed by atoms with Crippen LogP contribution in [0.4, 0.5) is 0 Å². The highest BCUT2D eigenvalue weighted by Gasteiger charge is 2.25. The number of halogens is 1. The summed E-state index contributed by atoms with van der Waals surface area (Å²) in [6, 6.07) is 3.95. The summed E-state index contributed by atoms with van der Waals surface area (Å²) in [5.41, 5.74) is 8.42. The molecule has 4 heteroatoms. The fourth-order valence-corrected chi connectivity index (χ4v) is 2.94. The first-order chi connectivity index (χ1) is 9.01. The van der Waals surface area contributed by atoms with E-state index in [-0.39, 0.29) is 11.9 Å². The van der Waals surface area contributed by atoms with Crippen LogP contribution < -0.4 is 11.1 Å². The molecule has 1 aromatic rings. The molecule has 2 rings (SSSR count). The van der Waals surface area contributed by atoms with Crippen molar-refractivity contribution >= 4 is 17.5 Å². The number of hydrogen-bond acceptors (Lipinski definition) is 2. The molecule has 1 aromatic carbocycles. The molecule has 2 atom stereocenters. The molecular formula is C15H21ClN2O. The Hall–Kier alpha value is -1.06. The molecule has 104 valence electrons. The van der Waals surface area contributed by atoms with Gasteiger partial charge >= 0.3 is 0 Å². The van der Waals surface area contributed by atoms with Gasteiger partial charge in [-0.05, 0) is 68.8 Å². The maximum atomic E-state index is 12.3. The first-order valence-corrected chi connectivity index (χ1v) is 7.16. The van der Waals surface area contributed by atoms with Crippen molar-refractivity contribution in [2.24, 2.45) is 11.7 Å². The zero-order chi connectivity index (χ0) is 14.0. The minimum atomic E-state index is -0.0734. The summed E-state index contributed by atoms with van der Waals surface area (Å²) >= 11 is 6.16. The predicted molar refractivity (Wildman–Crippen MR) is 78.6 cm³/mol. The summed E-state index contributed by atoms with van der Waals surface area (Å²) in [6.07, 6.45) is 3.09. The van der Waals surface area contributed by atoms with E-state index in [1.807, 2.05) is 26.0 Å². The quantitative estimate of drug-likeness (QED) is 0.894. The highest BCUT2D eigenvalue weighted by atomic mass is 35.5. The SMILES string of the molecule is Cc1cc(Cl)c(C(=O)N[C@@H]2CC[C@H](CN)C2)cc1C. The average Bonchev–Trinajstić information content (AvgIpc) is 2.81. The lowest BCUT2D eigenvalue weighted by molar-refractivity contribution is 0.0937. The molecule has 3 nitrogen and oxygen atoms in total. The summed E-state index contributed by atoms with van der Waals surface area (Å²) in [5.74, 6) is 0.469. The molecule has 0 unspecified atom stereocenters. The summed E-state index contributed by atoms with van der Waals surface area (Å²) in [5, 5.41) is 3.59. The first kappa shape index (κ1) is 14.4. The maximum Gasteiger partial charge on any atom is 0.253 e. The van der Waals surface area contributed by atoms with Gasteiger partial charge < -0.3 is 11.1 Å². The fourth-order valence-electron chi connectivity index (χ4n) is 2.64. The third kappa shape index (κ3) is 3.28. The van der Waals surface area contributed by atoms with Gasteiger partial charge in [-0.3, -0.25) is 4.79 Å². The number of amides is 1. The lowest BCUT2D eigenvalue weighted by atomic mass is 10.1. The van der Waals surface area contributed by atoms with Crippen molar-refractivity contribution < 1.29 is 4.79 Å². The van der Waals surface area contributed by atoms with Gasteiger partial charge in [-0.1, -0.05) is 11.6 Å². The van der Waals surface area contributed by atoms with E-state index in [9.17, 15) is 4.79 Å². The van der Waals surface area contributed by atoms with E-state index in [1.165, 1.54) is 0 Å². The van der Waals surface area contributed by atoms with E-state index in [2.05, 4.69) is 5.32 Å². The number of nitrogens with one attached hydrogen (secondary N) is 1. The average molecular weight is 281 g/mol. The van der Waals surface area contributed by atoms with Gasteiger partial charge in [-0.25, -0.2) is 0 Å². The van der Waals surface area contributed by atoms with E-state index >= 15 is 0 Å². The van der Waals surface area contributed by atoms with E-state index in [4.69, 9.17) is 17.3 Å². The Morgan fingerprint density at radius 3 is 2.68 bits per heavy atom. The van der Waals surface area contributed by atoms with Gasteiger partial charge in [0.2, 0.25) is 0 Å². The number of aryl methyl sites for hydroxylation is 2. The van der Waals surface area contributed by atoms with Crippen molar-refractivity contribution in [3.63, 3.8) is 0 Å². The Morgan fingerprint density at radius 2 is 2.05 bits per heavy atom. The Morgan fingerprint density at radius 1 is 1.37 bits per heavy atom. The lowest BCUT2D eigenvalue weighted by Gasteiger charge is -2.14. The zero-order valence-corrected chi connectivity index (χ0v) is 12.3. The second-order valence-electron chi connectivity index (χ2n) is 5.50. The van der Waals surface area contributed by atoms with Gasteiger partial charge in [0.25, 0.3) is 5.91 Å². The minimum Gasteiger partial charge on any atom is -0.349 e. The lowest BCUT2D eigenvalue weighted by Crippen LogP contribution is -2.33. The Labute approximate surface area is 119 Å². The minimum absolute atomic E-state index is 0.0734. The molecule has 1 aliphatic carbocycles. The van der Waals surface area contributed by atoms with Crippen LogP contribution >= 0.6 is 11.6 Å². The van der Waals surface area contributed by atoms with Crippen molar-refractivity contribution in [2.75, 3.05) is 6.54 Å². The smallest absolute Gasteiger partial charge is 0.253 e. The summed E-state index contributed by atoms with van der Waals surface area (Å²) < 4.78 is 0. The van der Waals surface area contributed by atoms with E-state index in [1.54, 1.807) is 0 Å². The first-order valence-electron chi connectivity index (χ1n) is 6.79. The standard InChI is InChI=1S/C15H21ClN2O/c1-9-5-13(14(16)6-10(9)2)15(19)18-12-4-3-11(7-12)8-17/h5-6,11-12H,3-4,7-8,17H2,1-2H3,(H,18,19)/t11-,12+/m0/s1. The summed E-state index contributed by atoms with van der Waals surface area (Å²) in [4.78, 5) is 12.3. The van der Waals surface area contributed by atoms with Gasteiger partial charge in [-0.15, -0.1) is 0 Å². The van der Waals surface area contributed by atoms with Gasteiger partial charge in [0.05, 0.1) is 10.6 Å². The van der Waals surface area contributed by atoms with Gasteiger partial charge in [0.1, 0.15) is 0 Å². The van der Waals surface area contributed by atoms with Crippen molar-refractivity contribution in [1.29, 1.82) is 0 Å². The molecule has 0 bridgehead atoms. The zero-order valence-electron chi connectivity index (χ0n) is 11.5. The molecule has 0 saturated heterocycles. The van der Waals surface area contributed by atoms with Gasteiger partial charge in [0.15, 0.2) is 0 Å². The van der Waals surface area contributed by atoms with E-state index in [0.717, 1.165) is 30.4 Å². The number of carbonyl (C=O) groups excluding carboxylic acids is 1. The second kappa shape index (κ2) is 5.93. The van der Waals surface area contributed by atoms with Crippen LogP contribution in [0.15, 0.2) is 12.1 Å². The number of carbonyl (C=O) groups is 1. The van der Waals surface area contributed by atoms with Crippen molar-refractivity contribution in [2.45, 2.75) is 39.2 Å². The Kier molecular flexibility index (Phi) is 4.48. The van der Waals surface area contributed by atoms with Gasteiger partial charge in [0, 0.05) is 6.04 Å². The molecule has 0 radical (unpaired) electrons. The Bertz CT molecular complexity index is 487. The number of benzene rings is 1. The second-order valence-corrected chi connectivity index (χ2v) is 5.91. The highest BCUT2D eigenvalue weighted by Crippen LogP contribution is 2.26. The molecule has 0 aromatic heterocycles. The molecule has 1 saturated carbocycles. The van der Waals surface area contributed by atoms with Crippen molar-refractivity contribution in [3.8, 4) is 0 Å². The number of nitrogens with two attached hydrogens (primary N) is 1. The fraction of sp³-hybridized carbons (Fsp3) is 0.533. The molecule has 0 aliphatic heterocycles. The molecule has 0 heterocycles. The van der Waals surface area contributed by atoms with Crippen LogP contribution in [-0.4, -0.2) is 18.5 Å². The van der Waals surface area contributed by atoms with Crippen LogP contribution in [0.5, 0.6) is 0 Å². The van der Waals surface area contributed by atoms with Crippen LogP contribution in [0.1, 0.15) is 40.7 Å². The molecule has 3 N–H and O–H groups in total. The molecule has 1 fully saturated rings. The molecule has 1 aliphatic rings. The topological polar surface area (TPSA) is 55.1 Å². The molecule has 19 heavy (non-hydrogen) atoms. The van der Waals surface area contributed by atoms with Crippen molar-refractivity contribution in [3.05, 3.63) is 33.8 Å². The normalized spacial score (nSPS) is 22.5. The largest absolute Gasteiger partial charge is 0.349 e. The molecule has 0 spiro atoms. The number of rotatable bonds is 3. The van der Waals surface area contributed by atoms with Crippen molar-refractivity contribution in [1.82, 2.24) is 5.32 Å². The maximum absolute atomic E-state index is 12.3. The van der Waals surface area contributed by atoms with Crippen LogP contribution in [0.2, 0.25) is 5.02 Å². The highest BCUT2D eigenvalue weighted by molar-refractivity contribution is 6.34. The van der Waals surface area contributed by atoms with Crippen LogP contribution in [0.3, 0.4) is 0 Å². The number of hydrogen-bond donors (Lipinski definition) is 2. The monoisotopic (exact) mass is 280 g/mol. The summed E-state index contributed by atoms with van der Waals surface area (Å²) in [7, 11) is 0. The van der Waals surface area contributed by atoms with Crippen LogP contribution in [-0.2, 0) is 0 Å².